The number of hydrogen-bond donors (Lipinski definition) is 2. The molecule has 114 valence electrons. The first-order valence-corrected chi connectivity index (χ1v) is 7.12. The molecule has 0 aromatic heterocycles. The Labute approximate surface area is 121 Å². The van der Waals surface area contributed by atoms with E-state index in [0.717, 1.165) is 5.56 Å². The number of hydrogen-bond acceptors (Lipinski definition) is 3. The van der Waals surface area contributed by atoms with Crippen LogP contribution in [0.15, 0.2) is 12.1 Å². The SMILES string of the molecule is Cc1cc(CNCC(O)COCC(C)C)cc(C)c1F. The highest BCUT2D eigenvalue weighted by molar-refractivity contribution is 5.30. The van der Waals surface area contributed by atoms with Gasteiger partial charge in [0.05, 0.1) is 12.7 Å². The molecule has 20 heavy (non-hydrogen) atoms. The Morgan fingerprint density at radius 2 is 1.80 bits per heavy atom. The van der Waals surface area contributed by atoms with Crippen molar-refractivity contribution in [3.63, 3.8) is 0 Å². The third-order valence-corrected chi connectivity index (χ3v) is 2.97. The maximum Gasteiger partial charge on any atom is 0.129 e. The van der Waals surface area contributed by atoms with Crippen LogP contribution in [0.1, 0.15) is 30.5 Å². The minimum atomic E-state index is -0.517. The van der Waals surface area contributed by atoms with Gasteiger partial charge in [-0.2, -0.15) is 0 Å². The van der Waals surface area contributed by atoms with Crippen LogP contribution in [0.3, 0.4) is 0 Å². The molecule has 0 saturated carbocycles. The topological polar surface area (TPSA) is 41.5 Å². The van der Waals surface area contributed by atoms with Crippen molar-refractivity contribution < 1.29 is 14.2 Å². The fraction of sp³-hybridized carbons (Fsp3) is 0.625. The zero-order chi connectivity index (χ0) is 15.1. The maximum absolute atomic E-state index is 13.5. The Morgan fingerprint density at radius 3 is 2.35 bits per heavy atom. The molecule has 1 rings (SSSR count). The van der Waals surface area contributed by atoms with E-state index in [1.165, 1.54) is 0 Å². The second-order valence-electron chi connectivity index (χ2n) is 5.76. The van der Waals surface area contributed by atoms with Gasteiger partial charge in [-0.3, -0.25) is 0 Å². The number of halogens is 1. The Bertz CT molecular complexity index is 398. The molecule has 0 saturated heterocycles. The molecule has 0 amide bonds. The van der Waals surface area contributed by atoms with Crippen LogP contribution in [-0.4, -0.2) is 31.0 Å². The number of aliphatic hydroxyl groups excluding tert-OH is 1. The van der Waals surface area contributed by atoms with Gasteiger partial charge in [-0.05, 0) is 36.5 Å². The summed E-state index contributed by atoms with van der Waals surface area (Å²) >= 11 is 0. The summed E-state index contributed by atoms with van der Waals surface area (Å²) in [5.41, 5.74) is 2.34. The van der Waals surface area contributed by atoms with Crippen molar-refractivity contribution in [2.45, 2.75) is 40.3 Å². The minimum Gasteiger partial charge on any atom is -0.389 e. The van der Waals surface area contributed by atoms with Crippen LogP contribution in [0.4, 0.5) is 4.39 Å². The number of aryl methyl sites for hydroxylation is 2. The molecular weight excluding hydrogens is 257 g/mol. The zero-order valence-corrected chi connectivity index (χ0v) is 12.9. The van der Waals surface area contributed by atoms with Crippen molar-refractivity contribution >= 4 is 0 Å². The van der Waals surface area contributed by atoms with Crippen molar-refractivity contribution in [2.75, 3.05) is 19.8 Å². The fourth-order valence-corrected chi connectivity index (χ4v) is 2.02. The van der Waals surface area contributed by atoms with Gasteiger partial charge in [0, 0.05) is 19.7 Å². The first-order valence-electron chi connectivity index (χ1n) is 7.12. The number of benzene rings is 1. The van der Waals surface area contributed by atoms with E-state index in [2.05, 4.69) is 19.2 Å². The van der Waals surface area contributed by atoms with E-state index in [1.54, 1.807) is 13.8 Å². The van der Waals surface area contributed by atoms with Crippen molar-refractivity contribution in [1.82, 2.24) is 5.32 Å². The Balaban J connectivity index is 2.30. The van der Waals surface area contributed by atoms with Crippen molar-refractivity contribution in [2.24, 2.45) is 5.92 Å². The molecule has 3 nitrogen and oxygen atoms in total. The van der Waals surface area contributed by atoms with Crippen LogP contribution in [-0.2, 0) is 11.3 Å². The summed E-state index contributed by atoms with van der Waals surface area (Å²) in [5.74, 6) is 0.330. The van der Waals surface area contributed by atoms with E-state index in [9.17, 15) is 9.50 Å². The summed E-state index contributed by atoms with van der Waals surface area (Å²) < 4.78 is 18.9. The third-order valence-electron chi connectivity index (χ3n) is 2.97. The van der Waals surface area contributed by atoms with E-state index in [1.807, 2.05) is 12.1 Å². The van der Waals surface area contributed by atoms with Gasteiger partial charge in [-0.1, -0.05) is 26.0 Å². The molecule has 1 atom stereocenters. The summed E-state index contributed by atoms with van der Waals surface area (Å²) in [6, 6.07) is 3.66. The maximum atomic E-state index is 13.5. The molecule has 0 aliphatic heterocycles. The van der Waals surface area contributed by atoms with Gasteiger partial charge in [0.1, 0.15) is 5.82 Å². The standard InChI is InChI=1S/C16H26FNO2/c1-11(2)9-20-10-15(19)8-18-7-14-5-12(3)16(17)13(4)6-14/h5-6,11,15,18-19H,7-10H2,1-4H3. The Hall–Kier alpha value is -0.970. The number of rotatable bonds is 8. The molecule has 4 heteroatoms. The fourth-order valence-electron chi connectivity index (χ4n) is 2.02. The molecular formula is C16H26FNO2. The first kappa shape index (κ1) is 17.1. The predicted molar refractivity (Wildman–Crippen MR) is 79.2 cm³/mol. The molecule has 0 spiro atoms. The van der Waals surface area contributed by atoms with Gasteiger partial charge in [0.25, 0.3) is 0 Å². The highest BCUT2D eigenvalue weighted by Gasteiger charge is 2.07. The average Bonchev–Trinajstić information content (AvgIpc) is 2.35. The highest BCUT2D eigenvalue weighted by atomic mass is 19.1. The molecule has 0 fully saturated rings. The van der Waals surface area contributed by atoms with Gasteiger partial charge >= 0.3 is 0 Å². The van der Waals surface area contributed by atoms with Gasteiger partial charge in [0.15, 0.2) is 0 Å². The summed E-state index contributed by atoms with van der Waals surface area (Å²) in [4.78, 5) is 0. The van der Waals surface area contributed by atoms with Crippen molar-refractivity contribution in [3.8, 4) is 0 Å². The quantitative estimate of drug-likeness (QED) is 0.770. The second kappa shape index (κ2) is 8.35. The van der Waals surface area contributed by atoms with Crippen molar-refractivity contribution in [3.05, 3.63) is 34.6 Å². The first-order chi connectivity index (χ1) is 9.40. The lowest BCUT2D eigenvalue weighted by molar-refractivity contribution is 0.0260. The lowest BCUT2D eigenvalue weighted by Crippen LogP contribution is -2.30. The predicted octanol–water partition coefficient (Wildman–Crippen LogP) is 2.57. The molecule has 0 heterocycles. The average molecular weight is 283 g/mol. The van der Waals surface area contributed by atoms with Gasteiger partial charge in [-0.25, -0.2) is 4.39 Å². The molecule has 0 aliphatic rings. The van der Waals surface area contributed by atoms with Crippen LogP contribution in [0, 0.1) is 25.6 Å². The van der Waals surface area contributed by atoms with Crippen LogP contribution in [0.25, 0.3) is 0 Å². The summed E-state index contributed by atoms with van der Waals surface area (Å²) in [7, 11) is 0. The van der Waals surface area contributed by atoms with E-state index in [0.29, 0.717) is 43.3 Å². The van der Waals surface area contributed by atoms with E-state index >= 15 is 0 Å². The van der Waals surface area contributed by atoms with Crippen LogP contribution in [0.2, 0.25) is 0 Å². The highest BCUT2D eigenvalue weighted by Crippen LogP contribution is 2.14. The monoisotopic (exact) mass is 283 g/mol. The van der Waals surface area contributed by atoms with Gasteiger partial charge in [-0.15, -0.1) is 0 Å². The summed E-state index contributed by atoms with van der Waals surface area (Å²) in [5, 5.41) is 12.9. The van der Waals surface area contributed by atoms with Crippen molar-refractivity contribution in [1.29, 1.82) is 0 Å². The largest absolute Gasteiger partial charge is 0.389 e. The minimum absolute atomic E-state index is 0.143. The lowest BCUT2D eigenvalue weighted by Gasteiger charge is -2.14. The van der Waals surface area contributed by atoms with Crippen LogP contribution in [0.5, 0.6) is 0 Å². The number of ether oxygens (including phenoxy) is 1. The second-order valence-corrected chi connectivity index (χ2v) is 5.76. The lowest BCUT2D eigenvalue weighted by atomic mass is 10.1. The molecule has 0 radical (unpaired) electrons. The van der Waals surface area contributed by atoms with E-state index in [-0.39, 0.29) is 5.82 Å². The van der Waals surface area contributed by atoms with E-state index < -0.39 is 6.10 Å². The smallest absolute Gasteiger partial charge is 0.129 e. The number of nitrogens with one attached hydrogen (secondary N) is 1. The summed E-state index contributed by atoms with van der Waals surface area (Å²) in [6.45, 7) is 9.76. The number of aliphatic hydroxyl groups is 1. The Morgan fingerprint density at radius 1 is 1.20 bits per heavy atom. The van der Waals surface area contributed by atoms with Gasteiger partial charge < -0.3 is 15.2 Å². The third kappa shape index (κ3) is 5.99. The van der Waals surface area contributed by atoms with Crippen LogP contribution < -0.4 is 5.32 Å². The zero-order valence-electron chi connectivity index (χ0n) is 12.9. The van der Waals surface area contributed by atoms with Crippen LogP contribution >= 0.6 is 0 Å². The summed E-state index contributed by atoms with van der Waals surface area (Å²) in [6.07, 6.45) is -0.517. The molecule has 2 N–H and O–H groups in total. The molecule has 1 unspecified atom stereocenters. The molecule has 1 aromatic rings. The Kier molecular flexibility index (Phi) is 7.13. The molecule has 0 bridgehead atoms. The van der Waals surface area contributed by atoms with E-state index in [4.69, 9.17) is 4.74 Å². The van der Waals surface area contributed by atoms with Gasteiger partial charge in [0.2, 0.25) is 0 Å². The normalized spacial score (nSPS) is 12.9. The molecule has 1 aromatic carbocycles. The molecule has 0 aliphatic carbocycles.